The van der Waals surface area contributed by atoms with Crippen LogP contribution in [-0.2, 0) is 17.9 Å². The fourth-order valence-corrected chi connectivity index (χ4v) is 2.69. The number of halogens is 4. The van der Waals surface area contributed by atoms with Crippen molar-refractivity contribution in [2.75, 3.05) is 5.32 Å². The first kappa shape index (κ1) is 21.0. The van der Waals surface area contributed by atoms with E-state index in [9.17, 15) is 32.5 Å². The molecule has 2 aromatic heterocycles. The van der Waals surface area contributed by atoms with Gasteiger partial charge in [-0.15, -0.1) is 0 Å². The molecule has 0 atom stereocenters. The molecule has 13 heteroatoms. The molecule has 0 saturated carbocycles. The van der Waals surface area contributed by atoms with E-state index in [-0.39, 0.29) is 30.5 Å². The van der Waals surface area contributed by atoms with Crippen LogP contribution in [0.3, 0.4) is 0 Å². The molecule has 1 N–H and O–H groups in total. The number of hydrogen-bond acceptors (Lipinski definition) is 5. The number of rotatable bonds is 7. The maximum Gasteiger partial charge on any atom is 0.309 e. The second-order valence-corrected chi connectivity index (χ2v) is 6.24. The summed E-state index contributed by atoms with van der Waals surface area (Å²) >= 11 is 0. The van der Waals surface area contributed by atoms with Crippen LogP contribution in [0.4, 0.5) is 29.1 Å². The number of carbonyl (C=O) groups excluding carboxylic acids is 1. The van der Waals surface area contributed by atoms with Gasteiger partial charge in [0.15, 0.2) is 29.1 Å². The van der Waals surface area contributed by atoms with Gasteiger partial charge in [-0.25, -0.2) is 17.6 Å². The van der Waals surface area contributed by atoms with E-state index in [1.54, 1.807) is 0 Å². The van der Waals surface area contributed by atoms with Crippen LogP contribution in [0.5, 0.6) is 0 Å². The molecular weight excluding hydrogens is 412 g/mol. The highest BCUT2D eigenvalue weighted by atomic mass is 19.2. The third kappa shape index (κ3) is 4.29. The number of nitrogens with one attached hydrogen (secondary N) is 1. The quantitative estimate of drug-likeness (QED) is 0.271. The molecule has 0 aliphatic carbocycles. The SMILES string of the molecule is Cc1c([N+](=O)[O-])cnn1CCC(=O)Nc1ccn(Cc2c(F)c(F)cc(F)c2F)n1. The summed E-state index contributed by atoms with van der Waals surface area (Å²) in [6, 6.07) is 1.44. The number of nitro groups is 1. The largest absolute Gasteiger partial charge is 0.309 e. The van der Waals surface area contributed by atoms with Crippen molar-refractivity contribution in [3.8, 4) is 0 Å². The molecule has 0 radical (unpaired) electrons. The summed E-state index contributed by atoms with van der Waals surface area (Å²) in [7, 11) is 0. The van der Waals surface area contributed by atoms with E-state index < -0.39 is 46.2 Å². The van der Waals surface area contributed by atoms with Crippen molar-refractivity contribution in [3.63, 3.8) is 0 Å². The Hall–Kier alpha value is -3.77. The molecule has 1 aromatic carbocycles. The Labute approximate surface area is 166 Å². The van der Waals surface area contributed by atoms with E-state index >= 15 is 0 Å². The van der Waals surface area contributed by atoms with Crippen molar-refractivity contribution in [1.82, 2.24) is 19.6 Å². The molecule has 0 fully saturated rings. The van der Waals surface area contributed by atoms with Crippen LogP contribution >= 0.6 is 0 Å². The molecule has 0 saturated heterocycles. The fraction of sp³-hybridized carbons (Fsp3) is 0.235. The van der Waals surface area contributed by atoms with Crippen LogP contribution < -0.4 is 5.32 Å². The molecular formula is C17H14F4N6O3. The van der Waals surface area contributed by atoms with E-state index in [0.29, 0.717) is 5.69 Å². The molecule has 2 heterocycles. The summed E-state index contributed by atoms with van der Waals surface area (Å²) < 4.78 is 56.4. The first-order valence-corrected chi connectivity index (χ1v) is 8.49. The summed E-state index contributed by atoms with van der Waals surface area (Å²) in [6.45, 7) is 0.974. The number of anilines is 1. The molecule has 158 valence electrons. The minimum absolute atomic E-state index is 0.0425. The Bertz CT molecular complexity index is 1100. The second-order valence-electron chi connectivity index (χ2n) is 6.24. The van der Waals surface area contributed by atoms with Gasteiger partial charge in [-0.05, 0) is 6.92 Å². The van der Waals surface area contributed by atoms with Crippen LogP contribution in [0.25, 0.3) is 0 Å². The van der Waals surface area contributed by atoms with Crippen molar-refractivity contribution in [2.45, 2.75) is 26.4 Å². The number of benzene rings is 1. The molecule has 0 spiro atoms. The highest BCUT2D eigenvalue weighted by molar-refractivity contribution is 5.89. The molecule has 0 aliphatic heterocycles. The van der Waals surface area contributed by atoms with Crippen molar-refractivity contribution in [2.24, 2.45) is 0 Å². The molecule has 0 unspecified atom stereocenters. The third-order valence-electron chi connectivity index (χ3n) is 4.26. The second kappa shape index (κ2) is 8.31. The van der Waals surface area contributed by atoms with Gasteiger partial charge in [-0.3, -0.25) is 24.3 Å². The molecule has 30 heavy (non-hydrogen) atoms. The van der Waals surface area contributed by atoms with E-state index in [4.69, 9.17) is 0 Å². The Morgan fingerprint density at radius 2 is 1.90 bits per heavy atom. The van der Waals surface area contributed by atoms with E-state index in [2.05, 4.69) is 15.5 Å². The number of aromatic nitrogens is 4. The average Bonchev–Trinajstić information content (AvgIpc) is 3.28. The monoisotopic (exact) mass is 426 g/mol. The van der Waals surface area contributed by atoms with Crippen LogP contribution in [0, 0.1) is 40.3 Å². The summed E-state index contributed by atoms with van der Waals surface area (Å²) in [4.78, 5) is 22.3. The maximum atomic E-state index is 13.7. The highest BCUT2D eigenvalue weighted by Crippen LogP contribution is 2.20. The Morgan fingerprint density at radius 1 is 1.23 bits per heavy atom. The zero-order valence-corrected chi connectivity index (χ0v) is 15.4. The molecule has 9 nitrogen and oxygen atoms in total. The van der Waals surface area contributed by atoms with Crippen LogP contribution in [0.15, 0.2) is 24.5 Å². The molecule has 3 aromatic rings. The van der Waals surface area contributed by atoms with E-state index in [1.165, 1.54) is 23.9 Å². The lowest BCUT2D eigenvalue weighted by Gasteiger charge is -2.07. The molecule has 0 aliphatic rings. The fourth-order valence-electron chi connectivity index (χ4n) is 2.69. The van der Waals surface area contributed by atoms with Crippen LogP contribution in [-0.4, -0.2) is 30.4 Å². The molecule has 0 bridgehead atoms. The smallest absolute Gasteiger partial charge is 0.309 e. The minimum atomic E-state index is -1.53. The van der Waals surface area contributed by atoms with Gasteiger partial charge in [0.25, 0.3) is 0 Å². The predicted octanol–water partition coefficient (Wildman–Crippen LogP) is 2.93. The summed E-state index contributed by atoms with van der Waals surface area (Å²) in [5.41, 5.74) is -0.713. The Kier molecular flexibility index (Phi) is 5.80. The van der Waals surface area contributed by atoms with Crippen molar-refractivity contribution in [1.29, 1.82) is 0 Å². The van der Waals surface area contributed by atoms with Crippen LogP contribution in [0.1, 0.15) is 17.7 Å². The van der Waals surface area contributed by atoms with Crippen molar-refractivity contribution >= 4 is 17.4 Å². The standard InChI is InChI=1S/C17H14F4N6O3/c1-9-13(27(29)30)7-22-26(9)5-3-15(28)23-14-2-4-25(24-14)8-10-16(20)11(18)6-12(19)17(10)21/h2,4,6-7H,3,5,8H2,1H3,(H,23,24,28). The minimum Gasteiger partial charge on any atom is -0.309 e. The molecule has 1 amide bonds. The summed E-state index contributed by atoms with van der Waals surface area (Å²) in [5.74, 6) is -6.57. The first-order valence-electron chi connectivity index (χ1n) is 8.49. The van der Waals surface area contributed by atoms with Gasteiger partial charge < -0.3 is 5.32 Å². The van der Waals surface area contributed by atoms with Gasteiger partial charge in [0.1, 0.15) is 11.9 Å². The van der Waals surface area contributed by atoms with E-state index in [1.807, 2.05) is 0 Å². The lowest BCUT2D eigenvalue weighted by molar-refractivity contribution is -0.385. The summed E-state index contributed by atoms with van der Waals surface area (Å²) in [5, 5.41) is 21.0. The van der Waals surface area contributed by atoms with Crippen molar-refractivity contribution in [3.05, 3.63) is 69.2 Å². The average molecular weight is 426 g/mol. The van der Waals surface area contributed by atoms with E-state index in [0.717, 1.165) is 10.9 Å². The zero-order valence-electron chi connectivity index (χ0n) is 15.4. The third-order valence-corrected chi connectivity index (χ3v) is 4.26. The number of carbonyl (C=O) groups is 1. The predicted molar refractivity (Wildman–Crippen MR) is 94.5 cm³/mol. The van der Waals surface area contributed by atoms with Gasteiger partial charge in [0.05, 0.1) is 23.6 Å². The van der Waals surface area contributed by atoms with Gasteiger partial charge >= 0.3 is 5.69 Å². The number of hydrogen-bond donors (Lipinski definition) is 1. The van der Waals surface area contributed by atoms with Gasteiger partial charge in [0.2, 0.25) is 5.91 Å². The Balaban J connectivity index is 1.62. The van der Waals surface area contributed by atoms with Crippen molar-refractivity contribution < 1.29 is 27.3 Å². The number of amides is 1. The number of nitrogens with zero attached hydrogens (tertiary/aromatic N) is 5. The topological polar surface area (TPSA) is 108 Å². The van der Waals surface area contributed by atoms with Gasteiger partial charge in [-0.1, -0.05) is 0 Å². The maximum absolute atomic E-state index is 13.7. The lowest BCUT2D eigenvalue weighted by Crippen LogP contribution is -2.16. The first-order chi connectivity index (χ1) is 14.2. The molecule has 3 rings (SSSR count). The Morgan fingerprint density at radius 3 is 2.50 bits per heavy atom. The normalized spacial score (nSPS) is 11.0. The zero-order chi connectivity index (χ0) is 22.0. The lowest BCUT2D eigenvalue weighted by atomic mass is 10.2. The van der Waals surface area contributed by atoms with Gasteiger partial charge in [0, 0.05) is 24.8 Å². The summed E-state index contributed by atoms with van der Waals surface area (Å²) in [6.07, 6.45) is 2.27. The highest BCUT2D eigenvalue weighted by Gasteiger charge is 2.20. The van der Waals surface area contributed by atoms with Crippen LogP contribution in [0.2, 0.25) is 0 Å². The van der Waals surface area contributed by atoms with Gasteiger partial charge in [-0.2, -0.15) is 10.2 Å². The number of aryl methyl sites for hydroxylation is 1.